The molecule has 5 nitrogen and oxygen atoms in total. The number of benzene rings is 1. The molecule has 0 bridgehead atoms. The predicted octanol–water partition coefficient (Wildman–Crippen LogP) is 2.36. The maximum atomic E-state index is 12.3. The highest BCUT2D eigenvalue weighted by atomic mass is 35.5. The lowest BCUT2D eigenvalue weighted by Gasteiger charge is -2.13. The van der Waals surface area contributed by atoms with E-state index < -0.39 is 10.0 Å². The molecule has 0 aliphatic carbocycles. The second kappa shape index (κ2) is 7.83. The number of hydrogen-bond donors (Lipinski definition) is 1. The van der Waals surface area contributed by atoms with Crippen LogP contribution in [0.5, 0.6) is 5.75 Å². The number of sulfonamides is 1. The summed E-state index contributed by atoms with van der Waals surface area (Å²) in [5.74, 6) is 0.314. The molecule has 0 aliphatic heterocycles. The van der Waals surface area contributed by atoms with E-state index in [0.29, 0.717) is 37.0 Å². The first-order valence-electron chi connectivity index (χ1n) is 6.34. The van der Waals surface area contributed by atoms with Gasteiger partial charge in [-0.15, -0.1) is 0 Å². The molecule has 0 spiro atoms. The van der Waals surface area contributed by atoms with E-state index in [1.807, 2.05) is 0 Å². The van der Waals surface area contributed by atoms with Gasteiger partial charge in [0.25, 0.3) is 0 Å². The zero-order valence-corrected chi connectivity index (χ0v) is 13.5. The summed E-state index contributed by atoms with van der Waals surface area (Å²) in [7, 11) is -2.08. The van der Waals surface area contributed by atoms with Crippen molar-refractivity contribution in [1.29, 1.82) is 0 Å². The van der Waals surface area contributed by atoms with Gasteiger partial charge in [-0.05, 0) is 38.0 Å². The third-order valence-electron chi connectivity index (χ3n) is 2.63. The van der Waals surface area contributed by atoms with Crippen molar-refractivity contribution in [2.24, 2.45) is 0 Å². The molecule has 0 atom stereocenters. The van der Waals surface area contributed by atoms with Gasteiger partial charge in [-0.25, -0.2) is 13.1 Å². The number of nitrogens with one attached hydrogen (secondary N) is 1. The number of halogens is 1. The van der Waals surface area contributed by atoms with Crippen LogP contribution in [0.2, 0.25) is 5.02 Å². The van der Waals surface area contributed by atoms with Crippen LogP contribution >= 0.6 is 11.6 Å². The molecule has 1 aromatic rings. The van der Waals surface area contributed by atoms with Gasteiger partial charge in [-0.2, -0.15) is 0 Å². The summed E-state index contributed by atoms with van der Waals surface area (Å²) in [6.07, 6.45) is 0.597. The summed E-state index contributed by atoms with van der Waals surface area (Å²) in [5.41, 5.74) is 0.772. The number of aryl methyl sites for hydroxylation is 1. The minimum atomic E-state index is -3.65. The molecule has 1 rings (SSSR count). The lowest BCUT2D eigenvalue weighted by atomic mass is 10.2. The Kier molecular flexibility index (Phi) is 6.75. The Hall–Kier alpha value is -0.820. The molecule has 0 unspecified atom stereocenters. The van der Waals surface area contributed by atoms with E-state index in [4.69, 9.17) is 21.1 Å². The molecule has 1 N–H and O–H groups in total. The monoisotopic (exact) mass is 321 g/mol. The molecule has 0 fully saturated rings. The van der Waals surface area contributed by atoms with Crippen LogP contribution < -0.4 is 9.46 Å². The van der Waals surface area contributed by atoms with Gasteiger partial charge in [-0.3, -0.25) is 0 Å². The Bertz CT molecular complexity index is 546. The summed E-state index contributed by atoms with van der Waals surface area (Å²) in [5, 5.41) is 0.394. The standard InChI is InChI=1S/C13H20ClNO4S/c1-4-19-12-8-10(2)11(14)9-13(12)20(16,17)15-6-5-7-18-3/h8-9,15H,4-7H2,1-3H3. The quantitative estimate of drug-likeness (QED) is 0.747. The van der Waals surface area contributed by atoms with E-state index in [1.54, 1.807) is 27.0 Å². The third kappa shape index (κ3) is 4.63. The Labute approximate surface area is 125 Å². The van der Waals surface area contributed by atoms with Crippen LogP contribution in [0.15, 0.2) is 17.0 Å². The first-order chi connectivity index (χ1) is 9.42. The summed E-state index contributed by atoms with van der Waals surface area (Å²) >= 11 is 6.01. The summed E-state index contributed by atoms with van der Waals surface area (Å²) in [6.45, 7) is 4.77. The van der Waals surface area contributed by atoms with Crippen LogP contribution in [0, 0.1) is 6.92 Å². The highest BCUT2D eigenvalue weighted by Gasteiger charge is 2.20. The maximum absolute atomic E-state index is 12.3. The van der Waals surface area contributed by atoms with Gasteiger partial charge >= 0.3 is 0 Å². The highest BCUT2D eigenvalue weighted by molar-refractivity contribution is 7.89. The van der Waals surface area contributed by atoms with Crippen molar-refractivity contribution in [1.82, 2.24) is 4.72 Å². The van der Waals surface area contributed by atoms with Crippen molar-refractivity contribution in [2.75, 3.05) is 26.9 Å². The summed E-state index contributed by atoms with van der Waals surface area (Å²) < 4.78 is 37.3. The first-order valence-corrected chi connectivity index (χ1v) is 8.20. The van der Waals surface area contributed by atoms with Crippen molar-refractivity contribution in [2.45, 2.75) is 25.2 Å². The lowest BCUT2D eigenvalue weighted by molar-refractivity contribution is 0.196. The normalized spacial score (nSPS) is 11.6. The fraction of sp³-hybridized carbons (Fsp3) is 0.538. The molecule has 0 aliphatic rings. The zero-order valence-electron chi connectivity index (χ0n) is 11.9. The zero-order chi connectivity index (χ0) is 15.2. The van der Waals surface area contributed by atoms with E-state index in [0.717, 1.165) is 5.56 Å². The van der Waals surface area contributed by atoms with Gasteiger partial charge < -0.3 is 9.47 Å². The molecule has 0 saturated heterocycles. The second-order valence-corrected chi connectivity index (χ2v) is 6.37. The number of ether oxygens (including phenoxy) is 2. The van der Waals surface area contributed by atoms with Crippen molar-refractivity contribution in [3.63, 3.8) is 0 Å². The van der Waals surface area contributed by atoms with Gasteiger partial charge in [0, 0.05) is 25.3 Å². The van der Waals surface area contributed by atoms with Crippen LogP contribution in [0.4, 0.5) is 0 Å². The van der Waals surface area contributed by atoms with E-state index in [-0.39, 0.29) is 4.90 Å². The second-order valence-electron chi connectivity index (χ2n) is 4.23. The number of hydrogen-bond acceptors (Lipinski definition) is 4. The van der Waals surface area contributed by atoms with Crippen LogP contribution in [0.1, 0.15) is 18.9 Å². The molecule has 20 heavy (non-hydrogen) atoms. The average molecular weight is 322 g/mol. The topological polar surface area (TPSA) is 64.6 Å². The number of methoxy groups -OCH3 is 1. The smallest absolute Gasteiger partial charge is 0.244 e. The lowest BCUT2D eigenvalue weighted by Crippen LogP contribution is -2.26. The molecule has 0 saturated carbocycles. The third-order valence-corrected chi connectivity index (χ3v) is 4.52. The van der Waals surface area contributed by atoms with Crippen molar-refractivity contribution < 1.29 is 17.9 Å². The van der Waals surface area contributed by atoms with Crippen LogP contribution in [0.25, 0.3) is 0 Å². The van der Waals surface area contributed by atoms with Gasteiger partial charge in [0.1, 0.15) is 10.6 Å². The minimum Gasteiger partial charge on any atom is -0.492 e. The van der Waals surface area contributed by atoms with Crippen molar-refractivity contribution in [3.05, 3.63) is 22.7 Å². The Morgan fingerprint density at radius 1 is 1.35 bits per heavy atom. The molecule has 7 heteroatoms. The van der Waals surface area contributed by atoms with E-state index >= 15 is 0 Å². The average Bonchev–Trinajstić information content (AvgIpc) is 2.39. The van der Waals surface area contributed by atoms with Crippen LogP contribution in [0.3, 0.4) is 0 Å². The Morgan fingerprint density at radius 3 is 2.65 bits per heavy atom. The molecule has 114 valence electrons. The molecule has 0 amide bonds. The Morgan fingerprint density at radius 2 is 2.05 bits per heavy atom. The fourth-order valence-corrected chi connectivity index (χ4v) is 3.07. The maximum Gasteiger partial charge on any atom is 0.244 e. The minimum absolute atomic E-state index is 0.0624. The number of rotatable bonds is 8. The van der Waals surface area contributed by atoms with E-state index in [1.165, 1.54) is 6.07 Å². The SMILES string of the molecule is CCOc1cc(C)c(Cl)cc1S(=O)(=O)NCCCOC. The van der Waals surface area contributed by atoms with Gasteiger partial charge in [0.05, 0.1) is 6.61 Å². The molecule has 0 heterocycles. The van der Waals surface area contributed by atoms with Crippen molar-refractivity contribution in [3.8, 4) is 5.75 Å². The predicted molar refractivity (Wildman–Crippen MR) is 79.0 cm³/mol. The molecular weight excluding hydrogens is 302 g/mol. The summed E-state index contributed by atoms with van der Waals surface area (Å²) in [4.78, 5) is 0.0624. The van der Waals surface area contributed by atoms with Gasteiger partial charge in [0.2, 0.25) is 10.0 Å². The van der Waals surface area contributed by atoms with Gasteiger partial charge in [-0.1, -0.05) is 11.6 Å². The van der Waals surface area contributed by atoms with E-state index in [2.05, 4.69) is 4.72 Å². The Balaban J connectivity index is 3.00. The van der Waals surface area contributed by atoms with Crippen LogP contribution in [-0.2, 0) is 14.8 Å². The highest BCUT2D eigenvalue weighted by Crippen LogP contribution is 2.30. The fourth-order valence-electron chi connectivity index (χ4n) is 1.62. The molecular formula is C13H20ClNO4S. The molecule has 0 radical (unpaired) electrons. The molecule has 1 aromatic carbocycles. The van der Waals surface area contributed by atoms with Crippen LogP contribution in [-0.4, -0.2) is 35.3 Å². The van der Waals surface area contributed by atoms with Crippen molar-refractivity contribution >= 4 is 21.6 Å². The molecule has 0 aromatic heterocycles. The largest absolute Gasteiger partial charge is 0.492 e. The van der Waals surface area contributed by atoms with E-state index in [9.17, 15) is 8.42 Å². The van der Waals surface area contributed by atoms with Gasteiger partial charge in [0.15, 0.2) is 0 Å². The first kappa shape index (κ1) is 17.2. The summed E-state index contributed by atoms with van der Waals surface area (Å²) in [6, 6.07) is 3.05.